The number of benzene rings is 1. The van der Waals surface area contributed by atoms with E-state index in [-0.39, 0.29) is 17.6 Å². The van der Waals surface area contributed by atoms with Gasteiger partial charge in [0.15, 0.2) is 11.6 Å². The molecule has 0 aromatic heterocycles. The highest BCUT2D eigenvalue weighted by Gasteiger charge is 2.20. The van der Waals surface area contributed by atoms with Crippen LogP contribution in [0.2, 0.25) is 0 Å². The summed E-state index contributed by atoms with van der Waals surface area (Å²) in [6.45, 7) is 0.335. The van der Waals surface area contributed by atoms with Gasteiger partial charge in [-0.05, 0) is 12.1 Å². The second kappa shape index (κ2) is 3.54. The van der Waals surface area contributed by atoms with Crippen molar-refractivity contribution < 1.29 is 9.13 Å². The molecule has 1 atom stereocenters. The highest BCUT2D eigenvalue weighted by atomic mass is 19.1. The summed E-state index contributed by atoms with van der Waals surface area (Å²) in [5.74, 6) is -0.118. The molecule has 0 radical (unpaired) electrons. The minimum Gasteiger partial charge on any atom is -0.486 e. The predicted octanol–water partition coefficient (Wildman–Crippen LogP) is 1.91. The standard InChI is InChI=1S/C10H9FN2O/c11-8-2-1-3-9-10(8)14-6-7(13-9)4-5-12/h1-3,7,13H,4,6H2. The molecule has 0 bridgehead atoms. The van der Waals surface area contributed by atoms with Gasteiger partial charge in [0, 0.05) is 0 Å². The fourth-order valence-electron chi connectivity index (χ4n) is 1.43. The van der Waals surface area contributed by atoms with E-state index in [1.54, 1.807) is 12.1 Å². The van der Waals surface area contributed by atoms with Crippen LogP contribution < -0.4 is 10.1 Å². The molecule has 0 spiro atoms. The van der Waals surface area contributed by atoms with Crippen LogP contribution in [0.5, 0.6) is 5.75 Å². The lowest BCUT2D eigenvalue weighted by Gasteiger charge is -2.25. The molecule has 4 heteroatoms. The largest absolute Gasteiger partial charge is 0.486 e. The number of ether oxygens (including phenoxy) is 1. The number of halogens is 1. The fraction of sp³-hybridized carbons (Fsp3) is 0.300. The zero-order valence-electron chi connectivity index (χ0n) is 7.46. The molecule has 72 valence electrons. The van der Waals surface area contributed by atoms with Crippen molar-refractivity contribution in [2.24, 2.45) is 0 Å². The van der Waals surface area contributed by atoms with Crippen LogP contribution in [0.4, 0.5) is 10.1 Å². The maximum absolute atomic E-state index is 13.2. The summed E-state index contributed by atoms with van der Waals surface area (Å²) in [5, 5.41) is 11.6. The van der Waals surface area contributed by atoms with Crippen LogP contribution in [-0.2, 0) is 0 Å². The van der Waals surface area contributed by atoms with Crippen LogP contribution in [0, 0.1) is 17.1 Å². The van der Waals surface area contributed by atoms with E-state index < -0.39 is 0 Å². The predicted molar refractivity (Wildman–Crippen MR) is 49.5 cm³/mol. The molecule has 0 saturated heterocycles. The Morgan fingerprint density at radius 3 is 3.29 bits per heavy atom. The number of nitrogens with zero attached hydrogens (tertiary/aromatic N) is 1. The van der Waals surface area contributed by atoms with Crippen molar-refractivity contribution in [1.29, 1.82) is 5.26 Å². The highest BCUT2D eigenvalue weighted by molar-refractivity contribution is 5.59. The molecule has 3 nitrogen and oxygen atoms in total. The summed E-state index contributed by atoms with van der Waals surface area (Å²) in [6, 6.07) is 6.70. The molecule has 1 heterocycles. The lowest BCUT2D eigenvalue weighted by molar-refractivity contribution is 0.272. The number of nitriles is 1. The summed E-state index contributed by atoms with van der Waals surface area (Å²) in [6.07, 6.45) is 0.357. The Morgan fingerprint density at radius 2 is 2.50 bits per heavy atom. The van der Waals surface area contributed by atoms with Gasteiger partial charge in [-0.1, -0.05) is 6.07 Å². The minimum atomic E-state index is -0.370. The molecule has 1 N–H and O–H groups in total. The molecular formula is C10H9FN2O. The highest BCUT2D eigenvalue weighted by Crippen LogP contribution is 2.31. The van der Waals surface area contributed by atoms with Gasteiger partial charge in [0.2, 0.25) is 0 Å². The maximum atomic E-state index is 13.2. The Balaban J connectivity index is 2.24. The average molecular weight is 192 g/mol. The SMILES string of the molecule is N#CCC1COc2c(F)cccc2N1. The van der Waals surface area contributed by atoms with Crippen LogP contribution in [0.3, 0.4) is 0 Å². The Labute approximate surface area is 81.1 Å². The van der Waals surface area contributed by atoms with Crippen molar-refractivity contribution in [3.8, 4) is 11.8 Å². The van der Waals surface area contributed by atoms with E-state index in [9.17, 15) is 4.39 Å². The Bertz CT molecular complexity index is 386. The number of fused-ring (bicyclic) bond motifs is 1. The van der Waals surface area contributed by atoms with Gasteiger partial charge in [-0.15, -0.1) is 0 Å². The second-order valence-corrected chi connectivity index (χ2v) is 3.13. The number of hydrogen-bond acceptors (Lipinski definition) is 3. The van der Waals surface area contributed by atoms with Crippen molar-refractivity contribution in [2.45, 2.75) is 12.5 Å². The van der Waals surface area contributed by atoms with Gasteiger partial charge in [0.25, 0.3) is 0 Å². The van der Waals surface area contributed by atoms with E-state index in [0.29, 0.717) is 18.7 Å². The summed E-state index contributed by atoms with van der Waals surface area (Å²) < 4.78 is 18.4. The number of para-hydroxylation sites is 1. The fourth-order valence-corrected chi connectivity index (χ4v) is 1.43. The summed E-state index contributed by atoms with van der Waals surface area (Å²) in [5.41, 5.74) is 0.622. The van der Waals surface area contributed by atoms with Crippen LogP contribution >= 0.6 is 0 Å². The molecule has 0 saturated carbocycles. The van der Waals surface area contributed by atoms with Crippen molar-refractivity contribution >= 4 is 5.69 Å². The lowest BCUT2D eigenvalue weighted by Crippen LogP contribution is -2.31. The van der Waals surface area contributed by atoms with E-state index >= 15 is 0 Å². The van der Waals surface area contributed by atoms with Crippen molar-refractivity contribution in [3.63, 3.8) is 0 Å². The van der Waals surface area contributed by atoms with Gasteiger partial charge >= 0.3 is 0 Å². The molecule has 1 aliphatic heterocycles. The zero-order chi connectivity index (χ0) is 9.97. The first-order valence-electron chi connectivity index (χ1n) is 4.36. The van der Waals surface area contributed by atoms with Gasteiger partial charge in [-0.25, -0.2) is 4.39 Å². The van der Waals surface area contributed by atoms with Crippen LogP contribution in [-0.4, -0.2) is 12.6 Å². The number of nitrogens with one attached hydrogen (secondary N) is 1. The maximum Gasteiger partial charge on any atom is 0.178 e. The minimum absolute atomic E-state index is 0.0469. The molecule has 1 aliphatic rings. The van der Waals surface area contributed by atoms with E-state index in [1.807, 2.05) is 6.07 Å². The van der Waals surface area contributed by atoms with Crippen molar-refractivity contribution in [2.75, 3.05) is 11.9 Å². The summed E-state index contributed by atoms with van der Waals surface area (Å²) in [7, 11) is 0. The molecule has 2 rings (SSSR count). The lowest BCUT2D eigenvalue weighted by atomic mass is 10.1. The van der Waals surface area contributed by atoms with E-state index in [0.717, 1.165) is 0 Å². The van der Waals surface area contributed by atoms with Gasteiger partial charge in [0.1, 0.15) is 6.61 Å². The summed E-state index contributed by atoms with van der Waals surface area (Å²) >= 11 is 0. The monoisotopic (exact) mass is 192 g/mol. The molecule has 1 aromatic rings. The molecule has 1 unspecified atom stereocenters. The van der Waals surface area contributed by atoms with Gasteiger partial charge in [0.05, 0.1) is 24.2 Å². The molecule has 0 amide bonds. The Hall–Kier alpha value is -1.76. The van der Waals surface area contributed by atoms with Crippen molar-refractivity contribution in [1.82, 2.24) is 0 Å². The second-order valence-electron chi connectivity index (χ2n) is 3.13. The number of hydrogen-bond donors (Lipinski definition) is 1. The third-order valence-electron chi connectivity index (χ3n) is 2.09. The smallest absolute Gasteiger partial charge is 0.178 e. The topological polar surface area (TPSA) is 45.0 Å². The van der Waals surface area contributed by atoms with Crippen LogP contribution in [0.1, 0.15) is 6.42 Å². The average Bonchev–Trinajstić information content (AvgIpc) is 2.18. The van der Waals surface area contributed by atoms with Gasteiger partial charge in [-0.2, -0.15) is 5.26 Å². The number of rotatable bonds is 1. The van der Waals surface area contributed by atoms with Crippen molar-refractivity contribution in [3.05, 3.63) is 24.0 Å². The quantitative estimate of drug-likeness (QED) is 0.739. The molecule has 14 heavy (non-hydrogen) atoms. The molecule has 0 fully saturated rings. The van der Waals surface area contributed by atoms with Crippen LogP contribution in [0.25, 0.3) is 0 Å². The first-order chi connectivity index (χ1) is 6.81. The Kier molecular flexibility index (Phi) is 2.23. The number of anilines is 1. The zero-order valence-corrected chi connectivity index (χ0v) is 7.46. The van der Waals surface area contributed by atoms with Crippen LogP contribution in [0.15, 0.2) is 18.2 Å². The molecule has 0 aliphatic carbocycles. The van der Waals surface area contributed by atoms with Gasteiger partial charge < -0.3 is 10.1 Å². The van der Waals surface area contributed by atoms with E-state index in [2.05, 4.69) is 5.32 Å². The molecule has 1 aromatic carbocycles. The molecular weight excluding hydrogens is 183 g/mol. The van der Waals surface area contributed by atoms with E-state index in [1.165, 1.54) is 6.07 Å². The first-order valence-corrected chi connectivity index (χ1v) is 4.36. The summed E-state index contributed by atoms with van der Waals surface area (Å²) in [4.78, 5) is 0. The third kappa shape index (κ3) is 1.49. The normalized spacial score (nSPS) is 18.7. The first kappa shape index (κ1) is 8.82. The Morgan fingerprint density at radius 1 is 1.64 bits per heavy atom. The van der Waals surface area contributed by atoms with Gasteiger partial charge in [-0.3, -0.25) is 0 Å². The van der Waals surface area contributed by atoms with E-state index in [4.69, 9.17) is 10.00 Å². The third-order valence-corrected chi connectivity index (χ3v) is 2.09.